The molecule has 0 atom stereocenters. The van der Waals surface area contributed by atoms with E-state index in [-0.39, 0.29) is 11.3 Å². The van der Waals surface area contributed by atoms with E-state index in [0.29, 0.717) is 16.0 Å². The molecule has 1 aromatic heterocycles. The highest BCUT2D eigenvalue weighted by Gasteiger charge is 2.15. The topological polar surface area (TPSA) is 96.3 Å². The number of hydrogen-bond acceptors (Lipinski definition) is 4. The summed E-state index contributed by atoms with van der Waals surface area (Å²) < 4.78 is 2.00. The molecule has 0 aliphatic heterocycles. The summed E-state index contributed by atoms with van der Waals surface area (Å²) in [5.74, 6) is -1.14. The highest BCUT2D eigenvalue weighted by Crippen LogP contribution is 2.25. The van der Waals surface area contributed by atoms with Gasteiger partial charge in [0.25, 0.3) is 5.91 Å². The number of phenolic OH excluding ortho intramolecular Hbond substituents is 1. The maximum Gasteiger partial charge on any atom is 0.259 e. The molecule has 0 radical (unpaired) electrons. The van der Waals surface area contributed by atoms with Gasteiger partial charge in [-0.2, -0.15) is 5.10 Å². The Morgan fingerprint density at radius 3 is 2.73 bits per heavy atom. The molecule has 2 rings (SSSR count). The minimum atomic E-state index is -0.527. The molecule has 2 amide bonds. The Bertz CT molecular complexity index is 755. The fraction of sp³-hybridized carbons (Fsp3) is 0.0714. The van der Waals surface area contributed by atoms with Gasteiger partial charge in [0.2, 0.25) is 5.91 Å². The molecular weight excluding hydrogens is 352 g/mol. The number of phenols is 1. The first-order chi connectivity index (χ1) is 10.4. The molecule has 0 saturated carbocycles. The Hall–Kier alpha value is -2.61. The number of aryl methyl sites for hydroxylation is 1. The summed E-state index contributed by atoms with van der Waals surface area (Å²) in [6.45, 7) is 3.34. The van der Waals surface area contributed by atoms with E-state index >= 15 is 0 Å². The molecule has 8 heteroatoms. The van der Waals surface area contributed by atoms with Gasteiger partial charge in [-0.05, 0) is 40.2 Å². The van der Waals surface area contributed by atoms with E-state index in [2.05, 4.69) is 38.2 Å². The molecule has 0 aliphatic rings. The third kappa shape index (κ3) is 3.53. The van der Waals surface area contributed by atoms with Gasteiger partial charge in [-0.1, -0.05) is 6.58 Å². The number of benzene rings is 1. The van der Waals surface area contributed by atoms with Crippen LogP contribution in [0.15, 0.2) is 41.7 Å². The number of amides is 2. The van der Waals surface area contributed by atoms with E-state index < -0.39 is 11.8 Å². The Kier molecular flexibility index (Phi) is 4.62. The molecule has 0 fully saturated rings. The molecular formula is C14H13BrN4O3. The monoisotopic (exact) mass is 364 g/mol. The highest BCUT2D eigenvalue weighted by atomic mass is 79.9. The quantitative estimate of drug-likeness (QED) is 0.572. The summed E-state index contributed by atoms with van der Waals surface area (Å²) in [5, 5.41) is 19.0. The second-order valence-electron chi connectivity index (χ2n) is 4.39. The number of nitrogens with zero attached hydrogens (tertiary/aromatic N) is 2. The minimum absolute atomic E-state index is 0.0256. The average Bonchev–Trinajstić information content (AvgIpc) is 2.78. The standard InChI is InChI=1S/C14H13BrN4O3/c1-3-12(21)16-8-4-5-11(20)9(6-8)14(22)17-10-7-19(2)18-13(10)15/h3-7,20H,1H2,2H3,(H,16,21)(H,17,22). The number of rotatable bonds is 4. The molecule has 22 heavy (non-hydrogen) atoms. The Balaban J connectivity index is 2.25. The van der Waals surface area contributed by atoms with Crippen LogP contribution in [0.3, 0.4) is 0 Å². The summed E-state index contributed by atoms with van der Waals surface area (Å²) in [7, 11) is 1.71. The summed E-state index contributed by atoms with van der Waals surface area (Å²) in [5.41, 5.74) is 0.864. The Morgan fingerprint density at radius 1 is 1.41 bits per heavy atom. The predicted molar refractivity (Wildman–Crippen MR) is 85.8 cm³/mol. The van der Waals surface area contributed by atoms with Gasteiger partial charge in [-0.15, -0.1) is 0 Å². The van der Waals surface area contributed by atoms with Crippen LogP contribution >= 0.6 is 15.9 Å². The Labute approximate surface area is 134 Å². The number of anilines is 2. The lowest BCUT2D eigenvalue weighted by molar-refractivity contribution is -0.111. The van der Waals surface area contributed by atoms with Gasteiger partial charge in [0, 0.05) is 18.9 Å². The molecule has 0 bridgehead atoms. The molecule has 1 aromatic carbocycles. The van der Waals surface area contributed by atoms with Gasteiger partial charge < -0.3 is 15.7 Å². The lowest BCUT2D eigenvalue weighted by Crippen LogP contribution is -2.13. The van der Waals surface area contributed by atoms with Gasteiger partial charge in [-0.3, -0.25) is 14.3 Å². The van der Waals surface area contributed by atoms with Gasteiger partial charge >= 0.3 is 0 Å². The highest BCUT2D eigenvalue weighted by molar-refractivity contribution is 9.10. The van der Waals surface area contributed by atoms with E-state index in [9.17, 15) is 14.7 Å². The van der Waals surface area contributed by atoms with E-state index in [1.165, 1.54) is 22.9 Å². The van der Waals surface area contributed by atoms with Gasteiger partial charge in [0.05, 0.1) is 11.3 Å². The van der Waals surface area contributed by atoms with Crippen LogP contribution in [0.1, 0.15) is 10.4 Å². The van der Waals surface area contributed by atoms with E-state index in [4.69, 9.17) is 0 Å². The van der Waals surface area contributed by atoms with Crippen LogP contribution in [0.5, 0.6) is 5.75 Å². The van der Waals surface area contributed by atoms with Crippen molar-refractivity contribution in [3.8, 4) is 5.75 Å². The van der Waals surface area contributed by atoms with Gasteiger partial charge in [-0.25, -0.2) is 0 Å². The fourth-order valence-corrected chi connectivity index (χ4v) is 2.18. The predicted octanol–water partition coefficient (Wildman–Crippen LogP) is 2.26. The molecule has 0 unspecified atom stereocenters. The molecule has 2 aromatic rings. The second kappa shape index (κ2) is 6.44. The lowest BCUT2D eigenvalue weighted by Gasteiger charge is -2.08. The number of nitrogens with one attached hydrogen (secondary N) is 2. The van der Waals surface area contributed by atoms with Crippen LogP contribution in [0.25, 0.3) is 0 Å². The van der Waals surface area contributed by atoms with Crippen LogP contribution < -0.4 is 10.6 Å². The zero-order valence-electron chi connectivity index (χ0n) is 11.6. The van der Waals surface area contributed by atoms with Crippen LogP contribution in [-0.2, 0) is 11.8 Å². The van der Waals surface area contributed by atoms with Crippen molar-refractivity contribution >= 4 is 39.1 Å². The SMILES string of the molecule is C=CC(=O)Nc1ccc(O)c(C(=O)Nc2cn(C)nc2Br)c1. The molecule has 0 spiro atoms. The summed E-state index contributed by atoms with van der Waals surface area (Å²) in [6, 6.07) is 4.18. The first-order valence-corrected chi connectivity index (χ1v) is 6.97. The van der Waals surface area contributed by atoms with Crippen molar-refractivity contribution in [1.82, 2.24) is 9.78 Å². The van der Waals surface area contributed by atoms with Crippen molar-refractivity contribution in [3.63, 3.8) is 0 Å². The molecule has 1 heterocycles. The van der Waals surface area contributed by atoms with Crippen molar-refractivity contribution in [1.29, 1.82) is 0 Å². The zero-order chi connectivity index (χ0) is 16.3. The van der Waals surface area contributed by atoms with E-state index in [0.717, 1.165) is 6.08 Å². The minimum Gasteiger partial charge on any atom is -0.507 e. The smallest absolute Gasteiger partial charge is 0.259 e. The molecule has 0 aliphatic carbocycles. The van der Waals surface area contributed by atoms with E-state index in [1.54, 1.807) is 13.2 Å². The maximum absolute atomic E-state index is 12.2. The van der Waals surface area contributed by atoms with Gasteiger partial charge in [0.15, 0.2) is 4.60 Å². The number of carbonyl (C=O) groups excluding carboxylic acids is 2. The molecule has 114 valence electrons. The lowest BCUT2D eigenvalue weighted by atomic mass is 10.1. The van der Waals surface area contributed by atoms with Crippen molar-refractivity contribution in [2.75, 3.05) is 10.6 Å². The van der Waals surface area contributed by atoms with Crippen molar-refractivity contribution < 1.29 is 14.7 Å². The van der Waals surface area contributed by atoms with Crippen LogP contribution in [0, 0.1) is 0 Å². The molecule has 0 saturated heterocycles. The second-order valence-corrected chi connectivity index (χ2v) is 5.14. The number of hydrogen-bond donors (Lipinski definition) is 3. The van der Waals surface area contributed by atoms with Gasteiger partial charge in [0.1, 0.15) is 5.75 Å². The van der Waals surface area contributed by atoms with Crippen molar-refractivity contribution in [3.05, 3.63) is 47.2 Å². The molecule has 3 N–H and O–H groups in total. The summed E-state index contributed by atoms with van der Waals surface area (Å²) >= 11 is 3.22. The largest absolute Gasteiger partial charge is 0.507 e. The van der Waals surface area contributed by atoms with Crippen molar-refractivity contribution in [2.45, 2.75) is 0 Å². The number of aromatic hydroxyl groups is 1. The van der Waals surface area contributed by atoms with Crippen LogP contribution in [0.4, 0.5) is 11.4 Å². The average molecular weight is 365 g/mol. The Morgan fingerprint density at radius 2 is 2.14 bits per heavy atom. The number of aromatic nitrogens is 2. The van der Waals surface area contributed by atoms with Crippen LogP contribution in [-0.4, -0.2) is 26.7 Å². The third-order valence-corrected chi connectivity index (χ3v) is 3.31. The summed E-state index contributed by atoms with van der Waals surface area (Å²) in [4.78, 5) is 23.5. The number of halogens is 1. The fourth-order valence-electron chi connectivity index (χ4n) is 1.72. The van der Waals surface area contributed by atoms with Crippen molar-refractivity contribution in [2.24, 2.45) is 7.05 Å². The summed E-state index contributed by atoms with van der Waals surface area (Å²) in [6.07, 6.45) is 2.72. The number of carbonyl (C=O) groups is 2. The first kappa shape index (κ1) is 15.8. The molecule has 7 nitrogen and oxygen atoms in total. The van der Waals surface area contributed by atoms with E-state index in [1.807, 2.05) is 0 Å². The maximum atomic E-state index is 12.2. The normalized spacial score (nSPS) is 10.1. The zero-order valence-corrected chi connectivity index (χ0v) is 13.2. The van der Waals surface area contributed by atoms with Crippen LogP contribution in [0.2, 0.25) is 0 Å². The first-order valence-electron chi connectivity index (χ1n) is 6.17. The third-order valence-electron chi connectivity index (χ3n) is 2.73.